The van der Waals surface area contributed by atoms with Crippen LogP contribution in [-0.4, -0.2) is 22.1 Å². The van der Waals surface area contributed by atoms with Crippen LogP contribution in [0.4, 0.5) is 5.69 Å². The minimum Gasteiger partial charge on any atom is -0.379 e. The number of hydrogen-bond donors (Lipinski definition) is 1. The zero-order valence-electron chi connectivity index (χ0n) is 6.70. The molecule has 0 saturated carbocycles. The van der Waals surface area contributed by atoms with E-state index in [0.29, 0.717) is 5.69 Å². The van der Waals surface area contributed by atoms with Crippen LogP contribution in [0.2, 0.25) is 0 Å². The van der Waals surface area contributed by atoms with Gasteiger partial charge >= 0.3 is 0 Å². The molecule has 0 aliphatic carbocycles. The highest BCUT2D eigenvalue weighted by Crippen LogP contribution is 2.26. The summed E-state index contributed by atoms with van der Waals surface area (Å²) < 4.78 is 1.34. The lowest BCUT2D eigenvalue weighted by Gasteiger charge is -2.15. The summed E-state index contributed by atoms with van der Waals surface area (Å²) in [6, 6.07) is 0. The molecule has 0 bridgehead atoms. The quantitative estimate of drug-likeness (QED) is 0.628. The average molecular weight is 183 g/mol. The Bertz CT molecular complexity index is 360. The van der Waals surface area contributed by atoms with Crippen LogP contribution in [0, 0.1) is 0 Å². The van der Waals surface area contributed by atoms with Crippen molar-refractivity contribution in [1.29, 1.82) is 0 Å². The van der Waals surface area contributed by atoms with Gasteiger partial charge in [0.15, 0.2) is 0 Å². The van der Waals surface area contributed by atoms with Crippen LogP contribution >= 0.6 is 11.8 Å². The first kappa shape index (κ1) is 7.67. The van der Waals surface area contributed by atoms with E-state index in [0.717, 1.165) is 17.2 Å². The molecule has 1 aliphatic heterocycles. The van der Waals surface area contributed by atoms with Crippen molar-refractivity contribution in [2.24, 2.45) is 7.05 Å². The van der Waals surface area contributed by atoms with E-state index in [2.05, 4.69) is 10.4 Å². The maximum atomic E-state index is 11.4. The van der Waals surface area contributed by atoms with Crippen molar-refractivity contribution in [3.8, 4) is 0 Å². The number of nitrogens with zero attached hydrogens (tertiary/aromatic N) is 2. The predicted octanol–water partition coefficient (Wildman–Crippen LogP) is 0.298. The molecule has 64 valence electrons. The van der Waals surface area contributed by atoms with E-state index in [1.807, 2.05) is 0 Å². The summed E-state index contributed by atoms with van der Waals surface area (Å²) in [7, 11) is 1.66. The van der Waals surface area contributed by atoms with E-state index in [1.54, 1.807) is 25.0 Å². The fourth-order valence-electron chi connectivity index (χ4n) is 1.13. The summed E-state index contributed by atoms with van der Waals surface area (Å²) in [5.74, 6) is 1.00. The maximum Gasteiger partial charge on any atom is 0.290 e. The van der Waals surface area contributed by atoms with Gasteiger partial charge in [0.05, 0.1) is 11.1 Å². The fraction of sp³-hybridized carbons (Fsp3) is 0.429. The SMILES string of the molecule is Cn1ncc2c(c1=O)NCCS2. The second kappa shape index (κ2) is 2.82. The Kier molecular flexibility index (Phi) is 1.80. The number of anilines is 1. The lowest BCUT2D eigenvalue weighted by molar-refractivity contribution is 0.697. The van der Waals surface area contributed by atoms with Gasteiger partial charge in [0.2, 0.25) is 0 Å². The molecule has 1 N–H and O–H groups in total. The molecule has 12 heavy (non-hydrogen) atoms. The van der Waals surface area contributed by atoms with E-state index >= 15 is 0 Å². The highest BCUT2D eigenvalue weighted by molar-refractivity contribution is 7.99. The number of rotatable bonds is 0. The molecule has 0 fully saturated rings. The van der Waals surface area contributed by atoms with Crippen molar-refractivity contribution in [2.75, 3.05) is 17.6 Å². The average Bonchev–Trinajstić information content (AvgIpc) is 2.12. The van der Waals surface area contributed by atoms with Crippen LogP contribution in [0.25, 0.3) is 0 Å². The molecular formula is C7H9N3OS. The van der Waals surface area contributed by atoms with Gasteiger partial charge in [-0.3, -0.25) is 4.79 Å². The number of aromatic nitrogens is 2. The number of hydrogen-bond acceptors (Lipinski definition) is 4. The summed E-state index contributed by atoms with van der Waals surface area (Å²) in [6.45, 7) is 0.858. The number of fused-ring (bicyclic) bond motifs is 1. The van der Waals surface area contributed by atoms with Gasteiger partial charge in [0.1, 0.15) is 5.69 Å². The van der Waals surface area contributed by atoms with Gasteiger partial charge < -0.3 is 5.32 Å². The van der Waals surface area contributed by atoms with Crippen LogP contribution in [-0.2, 0) is 7.05 Å². The zero-order chi connectivity index (χ0) is 8.55. The topological polar surface area (TPSA) is 46.9 Å². The van der Waals surface area contributed by atoms with Crippen LogP contribution in [0.3, 0.4) is 0 Å². The first-order valence-electron chi connectivity index (χ1n) is 3.72. The van der Waals surface area contributed by atoms with Crippen LogP contribution in [0.5, 0.6) is 0 Å². The molecular weight excluding hydrogens is 174 g/mol. The maximum absolute atomic E-state index is 11.4. The number of aryl methyl sites for hydroxylation is 1. The number of thioether (sulfide) groups is 1. The molecule has 0 atom stereocenters. The van der Waals surface area contributed by atoms with Gasteiger partial charge in [0.25, 0.3) is 5.56 Å². The molecule has 0 aromatic carbocycles. The third kappa shape index (κ3) is 1.10. The predicted molar refractivity (Wildman–Crippen MR) is 48.7 cm³/mol. The van der Waals surface area contributed by atoms with Gasteiger partial charge in [-0.1, -0.05) is 0 Å². The second-order valence-corrected chi connectivity index (χ2v) is 3.72. The largest absolute Gasteiger partial charge is 0.379 e. The van der Waals surface area contributed by atoms with Crippen LogP contribution in [0.15, 0.2) is 15.9 Å². The second-order valence-electron chi connectivity index (χ2n) is 2.59. The van der Waals surface area contributed by atoms with Crippen molar-refractivity contribution in [3.63, 3.8) is 0 Å². The first-order valence-corrected chi connectivity index (χ1v) is 4.70. The lowest BCUT2D eigenvalue weighted by Crippen LogP contribution is -2.26. The Morgan fingerprint density at radius 2 is 2.58 bits per heavy atom. The molecule has 4 nitrogen and oxygen atoms in total. The van der Waals surface area contributed by atoms with Gasteiger partial charge in [-0.2, -0.15) is 5.10 Å². The first-order chi connectivity index (χ1) is 5.79. The summed E-state index contributed by atoms with van der Waals surface area (Å²) in [5.41, 5.74) is 0.656. The fourth-order valence-corrected chi connectivity index (χ4v) is 1.98. The molecule has 0 radical (unpaired) electrons. The van der Waals surface area contributed by atoms with Gasteiger partial charge in [0, 0.05) is 19.3 Å². The smallest absolute Gasteiger partial charge is 0.290 e. The molecule has 0 spiro atoms. The minimum absolute atomic E-state index is 0.0419. The van der Waals surface area contributed by atoms with Crippen LogP contribution in [0.1, 0.15) is 0 Å². The highest BCUT2D eigenvalue weighted by Gasteiger charge is 2.13. The lowest BCUT2D eigenvalue weighted by atomic mass is 10.4. The molecule has 0 unspecified atom stereocenters. The van der Waals surface area contributed by atoms with E-state index in [4.69, 9.17) is 0 Å². The van der Waals surface area contributed by atoms with Crippen molar-refractivity contribution in [1.82, 2.24) is 9.78 Å². The zero-order valence-corrected chi connectivity index (χ0v) is 7.52. The van der Waals surface area contributed by atoms with Gasteiger partial charge in [-0.05, 0) is 0 Å². The van der Waals surface area contributed by atoms with Gasteiger partial charge in [-0.25, -0.2) is 4.68 Å². The third-order valence-electron chi connectivity index (χ3n) is 1.76. The molecule has 1 aromatic heterocycles. The number of nitrogens with one attached hydrogen (secondary N) is 1. The van der Waals surface area contributed by atoms with Crippen molar-refractivity contribution < 1.29 is 0 Å². The molecule has 0 amide bonds. The highest BCUT2D eigenvalue weighted by atomic mass is 32.2. The normalized spacial score (nSPS) is 15.1. The molecule has 2 heterocycles. The van der Waals surface area contributed by atoms with Crippen molar-refractivity contribution in [3.05, 3.63) is 16.6 Å². The van der Waals surface area contributed by atoms with Crippen LogP contribution < -0.4 is 10.9 Å². The molecule has 1 aliphatic rings. The van der Waals surface area contributed by atoms with E-state index in [-0.39, 0.29) is 5.56 Å². The Morgan fingerprint density at radius 1 is 1.75 bits per heavy atom. The molecule has 0 saturated heterocycles. The van der Waals surface area contributed by atoms with Crippen molar-refractivity contribution >= 4 is 17.4 Å². The Morgan fingerprint density at radius 3 is 3.42 bits per heavy atom. The van der Waals surface area contributed by atoms with Crippen molar-refractivity contribution in [2.45, 2.75) is 4.90 Å². The summed E-state index contributed by atoms with van der Waals surface area (Å²) >= 11 is 1.67. The van der Waals surface area contributed by atoms with E-state index in [9.17, 15) is 4.79 Å². The summed E-state index contributed by atoms with van der Waals surface area (Å²) in [4.78, 5) is 12.4. The molecule has 1 aromatic rings. The van der Waals surface area contributed by atoms with E-state index in [1.165, 1.54) is 4.68 Å². The molecule has 2 rings (SSSR count). The monoisotopic (exact) mass is 183 g/mol. The minimum atomic E-state index is -0.0419. The van der Waals surface area contributed by atoms with Gasteiger partial charge in [-0.15, -0.1) is 11.8 Å². The summed E-state index contributed by atoms with van der Waals surface area (Å²) in [6.07, 6.45) is 1.73. The third-order valence-corrected chi connectivity index (χ3v) is 2.79. The Labute approximate surface area is 74.0 Å². The Hall–Kier alpha value is -0.970. The Balaban J connectivity index is 2.62. The molecule has 5 heteroatoms. The summed E-state index contributed by atoms with van der Waals surface area (Å²) in [5, 5.41) is 7.01. The van der Waals surface area contributed by atoms with E-state index < -0.39 is 0 Å². The standard InChI is InChI=1S/C7H9N3OS/c1-10-7(11)6-5(4-9-10)12-3-2-8-6/h4,8H,2-3H2,1H3.